The first-order valence-electron chi connectivity index (χ1n) is 7.97. The van der Waals surface area contributed by atoms with Crippen molar-refractivity contribution in [1.82, 2.24) is 14.8 Å². The maximum absolute atomic E-state index is 11.9. The van der Waals surface area contributed by atoms with Crippen LogP contribution in [0.15, 0.2) is 53.3 Å². The number of fused-ring (bicyclic) bond motifs is 1. The van der Waals surface area contributed by atoms with E-state index in [0.717, 1.165) is 15.6 Å². The van der Waals surface area contributed by atoms with Crippen LogP contribution in [0, 0.1) is 0 Å². The molecule has 1 N–H and O–H groups in total. The topological polar surface area (TPSA) is 69.0 Å². The van der Waals surface area contributed by atoms with Gasteiger partial charge in [0.2, 0.25) is 11.9 Å². The largest absolute Gasteiger partial charge is 0.488 e. The molecule has 26 heavy (non-hydrogen) atoms. The van der Waals surface area contributed by atoms with Crippen LogP contribution in [0.5, 0.6) is 5.75 Å². The Bertz CT molecular complexity index is 975. The van der Waals surface area contributed by atoms with Crippen molar-refractivity contribution >= 4 is 39.4 Å². The van der Waals surface area contributed by atoms with Gasteiger partial charge in [-0.2, -0.15) is 10.1 Å². The molecule has 1 aromatic heterocycles. The van der Waals surface area contributed by atoms with Gasteiger partial charge in [0.1, 0.15) is 18.7 Å². The first-order valence-corrected chi connectivity index (χ1v) is 9.14. The third-order valence-corrected chi connectivity index (χ3v) is 5.17. The lowest BCUT2D eigenvalue weighted by molar-refractivity contribution is -0.117. The van der Waals surface area contributed by atoms with Crippen LogP contribution in [0.1, 0.15) is 23.6 Å². The summed E-state index contributed by atoms with van der Waals surface area (Å²) in [4.78, 5) is 16.0. The maximum atomic E-state index is 11.9. The molecule has 1 aliphatic rings. The van der Waals surface area contributed by atoms with Gasteiger partial charge in [-0.3, -0.25) is 10.1 Å². The number of carbonyl (C=O) groups is 1. The number of hydrogen-bond acceptors (Lipinski definition) is 4. The minimum atomic E-state index is -0.199. The van der Waals surface area contributed by atoms with Gasteiger partial charge in [0.25, 0.3) is 0 Å². The molecule has 1 unspecified atom stereocenters. The Morgan fingerprint density at radius 2 is 2.15 bits per heavy atom. The molecule has 1 amide bonds. The van der Waals surface area contributed by atoms with Crippen LogP contribution in [0.4, 0.5) is 5.95 Å². The molecule has 0 bridgehead atoms. The minimum absolute atomic E-state index is 0.0781. The maximum Gasteiger partial charge on any atom is 0.229 e. The fourth-order valence-electron chi connectivity index (χ4n) is 2.88. The summed E-state index contributed by atoms with van der Waals surface area (Å²) in [6.07, 6.45) is 1.74. The smallest absolute Gasteiger partial charge is 0.229 e. The van der Waals surface area contributed by atoms with E-state index in [-0.39, 0.29) is 11.9 Å². The quantitative estimate of drug-likeness (QED) is 0.669. The third kappa shape index (κ3) is 3.32. The number of nitrogens with zero attached hydrogens (tertiary/aromatic N) is 3. The molecule has 4 rings (SSSR count). The normalized spacial score (nSPS) is 16.1. The van der Waals surface area contributed by atoms with Crippen LogP contribution in [-0.2, 0) is 11.4 Å². The molecule has 6 nitrogen and oxygen atoms in total. The van der Waals surface area contributed by atoms with Crippen LogP contribution in [0.3, 0.4) is 0 Å². The van der Waals surface area contributed by atoms with E-state index in [1.165, 1.54) is 6.33 Å². The Kier molecular flexibility index (Phi) is 4.65. The molecule has 0 spiro atoms. The predicted octanol–water partition coefficient (Wildman–Crippen LogP) is 4.20. The second-order valence-corrected chi connectivity index (χ2v) is 7.13. The summed E-state index contributed by atoms with van der Waals surface area (Å²) in [5.41, 5.74) is 1.87. The zero-order valence-corrected chi connectivity index (χ0v) is 15.9. The van der Waals surface area contributed by atoms with Crippen molar-refractivity contribution in [3.05, 3.63) is 69.4 Å². The van der Waals surface area contributed by atoms with Gasteiger partial charge in [-0.25, -0.2) is 4.68 Å². The van der Waals surface area contributed by atoms with E-state index in [0.29, 0.717) is 29.7 Å². The molecular weight excluding hydrogens is 420 g/mol. The van der Waals surface area contributed by atoms with Crippen LogP contribution in [0.2, 0.25) is 5.02 Å². The number of rotatable bonds is 4. The molecule has 3 aromatic rings. The summed E-state index contributed by atoms with van der Waals surface area (Å²) < 4.78 is 8.39. The van der Waals surface area contributed by atoms with Crippen molar-refractivity contribution < 1.29 is 9.53 Å². The van der Waals surface area contributed by atoms with Gasteiger partial charge in [0.05, 0.1) is 16.9 Å². The highest BCUT2D eigenvalue weighted by Crippen LogP contribution is 2.34. The highest BCUT2D eigenvalue weighted by molar-refractivity contribution is 9.10. The lowest BCUT2D eigenvalue weighted by Crippen LogP contribution is -2.29. The van der Waals surface area contributed by atoms with E-state index in [4.69, 9.17) is 16.3 Å². The third-order valence-electron chi connectivity index (χ3n) is 4.18. The lowest BCUT2D eigenvalue weighted by atomic mass is 10.0. The van der Waals surface area contributed by atoms with Crippen molar-refractivity contribution in [3.63, 3.8) is 0 Å². The molecule has 0 saturated heterocycles. The van der Waals surface area contributed by atoms with Crippen LogP contribution in [-0.4, -0.2) is 20.7 Å². The molecule has 1 aliphatic heterocycles. The number of hydrogen-bond donors (Lipinski definition) is 1. The molecular formula is C18H14BrClN4O2. The molecule has 0 aliphatic carbocycles. The lowest BCUT2D eigenvalue weighted by Gasteiger charge is -2.24. The number of benzene rings is 2. The molecule has 8 heteroatoms. The first kappa shape index (κ1) is 17.1. The van der Waals surface area contributed by atoms with E-state index in [9.17, 15) is 4.79 Å². The second-order valence-electron chi connectivity index (χ2n) is 5.87. The fourth-order valence-corrected chi connectivity index (χ4v) is 3.58. The molecule has 2 aromatic carbocycles. The average molecular weight is 434 g/mol. The molecule has 1 atom stereocenters. The van der Waals surface area contributed by atoms with E-state index in [1.807, 2.05) is 42.5 Å². The Hall–Kier alpha value is -2.38. The number of anilines is 1. The van der Waals surface area contributed by atoms with Gasteiger partial charge in [0, 0.05) is 10.6 Å². The highest BCUT2D eigenvalue weighted by atomic mass is 79.9. The molecule has 132 valence electrons. The van der Waals surface area contributed by atoms with Crippen molar-refractivity contribution in [1.29, 1.82) is 0 Å². The van der Waals surface area contributed by atoms with Gasteiger partial charge in [-0.05, 0) is 39.7 Å². The number of halogens is 2. The number of aromatic nitrogens is 3. The highest BCUT2D eigenvalue weighted by Gasteiger charge is 2.28. The van der Waals surface area contributed by atoms with Crippen molar-refractivity contribution in [3.8, 4) is 5.75 Å². The summed E-state index contributed by atoms with van der Waals surface area (Å²) in [5, 5.41) is 7.60. The predicted molar refractivity (Wildman–Crippen MR) is 101 cm³/mol. The van der Waals surface area contributed by atoms with E-state index < -0.39 is 0 Å². The van der Waals surface area contributed by atoms with Crippen LogP contribution < -0.4 is 10.1 Å². The monoisotopic (exact) mass is 432 g/mol. The first-order chi connectivity index (χ1) is 12.6. The van der Waals surface area contributed by atoms with Gasteiger partial charge in [-0.1, -0.05) is 35.9 Å². The van der Waals surface area contributed by atoms with E-state index in [2.05, 4.69) is 31.3 Å². The average Bonchev–Trinajstić information content (AvgIpc) is 3.09. The van der Waals surface area contributed by atoms with E-state index in [1.54, 1.807) is 4.68 Å². The molecule has 0 saturated carbocycles. The van der Waals surface area contributed by atoms with E-state index >= 15 is 0 Å². The van der Waals surface area contributed by atoms with Gasteiger partial charge >= 0.3 is 0 Å². The zero-order chi connectivity index (χ0) is 18.1. The number of carbonyl (C=O) groups excluding carboxylic acids is 1. The minimum Gasteiger partial charge on any atom is -0.488 e. The van der Waals surface area contributed by atoms with Crippen LogP contribution in [0.25, 0.3) is 0 Å². The number of nitrogens with one attached hydrogen (secondary N) is 1. The number of amides is 1. The standard InChI is InChI=1S/C18H14BrClN4O2/c19-13-7-11(15-8-17(25)23-18-21-10-22-24(15)18)5-6-16(13)26-9-12-3-1-2-4-14(12)20/h1-7,10,15H,8-9H2,(H,21,22,23,25). The summed E-state index contributed by atoms with van der Waals surface area (Å²) in [7, 11) is 0. The van der Waals surface area contributed by atoms with Gasteiger partial charge in [0.15, 0.2) is 0 Å². The summed E-state index contributed by atoms with van der Waals surface area (Å²) in [6, 6.07) is 13.1. The Balaban J connectivity index is 1.55. The van der Waals surface area contributed by atoms with Gasteiger partial charge < -0.3 is 4.74 Å². The van der Waals surface area contributed by atoms with Crippen molar-refractivity contribution in [2.24, 2.45) is 0 Å². The molecule has 0 fully saturated rings. The Labute approximate surface area is 163 Å². The molecule has 0 radical (unpaired) electrons. The zero-order valence-electron chi connectivity index (χ0n) is 13.5. The SMILES string of the molecule is O=C1CC(c2ccc(OCc3ccccc3Cl)c(Br)c2)n2ncnc2N1. The van der Waals surface area contributed by atoms with Crippen LogP contribution >= 0.6 is 27.5 Å². The Morgan fingerprint density at radius 1 is 1.31 bits per heavy atom. The summed E-state index contributed by atoms with van der Waals surface area (Å²) in [5.74, 6) is 1.08. The van der Waals surface area contributed by atoms with Gasteiger partial charge in [-0.15, -0.1) is 0 Å². The molecule has 2 heterocycles. The summed E-state index contributed by atoms with van der Waals surface area (Å²) in [6.45, 7) is 0.372. The van der Waals surface area contributed by atoms with Crippen molar-refractivity contribution in [2.75, 3.05) is 5.32 Å². The van der Waals surface area contributed by atoms with Crippen molar-refractivity contribution in [2.45, 2.75) is 19.1 Å². The fraction of sp³-hybridized carbons (Fsp3) is 0.167. The summed E-state index contributed by atoms with van der Waals surface area (Å²) >= 11 is 9.71. The Morgan fingerprint density at radius 3 is 2.96 bits per heavy atom. The second kappa shape index (κ2) is 7.09. The number of ether oxygens (including phenoxy) is 1.